The topological polar surface area (TPSA) is 60.2 Å². The smallest absolute Gasteiger partial charge is 0.226 e. The minimum absolute atomic E-state index is 0.0950. The fraction of sp³-hybridized carbons (Fsp3) is 0.500. The quantitative estimate of drug-likeness (QED) is 0.844. The van der Waals surface area contributed by atoms with Crippen LogP contribution in [0.25, 0.3) is 0 Å². The van der Waals surface area contributed by atoms with Crippen LogP contribution in [-0.2, 0) is 11.3 Å². The summed E-state index contributed by atoms with van der Waals surface area (Å²) in [5, 5.41) is 4.17. The molecule has 0 unspecified atom stereocenters. The molecule has 1 aromatic heterocycles. The first-order valence-corrected chi connectivity index (χ1v) is 8.53. The number of hydrogen-bond acceptors (Lipinski definition) is 4. The van der Waals surface area contributed by atoms with Crippen molar-refractivity contribution in [3.8, 4) is 5.75 Å². The molecular formula is C18H22N4O2. The summed E-state index contributed by atoms with van der Waals surface area (Å²) in [6.45, 7) is 1.59. The van der Waals surface area contributed by atoms with Crippen LogP contribution in [0.15, 0.2) is 36.9 Å². The van der Waals surface area contributed by atoms with E-state index in [1.54, 1.807) is 19.8 Å². The standard InChI is InChI=1S/C18H22N4O2/c1-24-17-7-3-2-6-14(17)15-9-16(15)18(23)22-8-4-5-13(22)10-21-12-19-11-20-21/h2-3,6-7,11-13,15-16H,4-5,8-10H2,1H3/t13-,15+,16+/m1/s1. The van der Waals surface area contributed by atoms with Crippen LogP contribution in [0.4, 0.5) is 0 Å². The molecule has 0 bridgehead atoms. The molecule has 2 aliphatic rings. The van der Waals surface area contributed by atoms with Crippen molar-refractivity contribution in [1.82, 2.24) is 19.7 Å². The first kappa shape index (κ1) is 15.2. The van der Waals surface area contributed by atoms with Gasteiger partial charge in [-0.15, -0.1) is 0 Å². The lowest BCUT2D eigenvalue weighted by Crippen LogP contribution is -2.39. The second-order valence-corrected chi connectivity index (χ2v) is 6.64. The van der Waals surface area contributed by atoms with Gasteiger partial charge >= 0.3 is 0 Å². The zero-order valence-electron chi connectivity index (χ0n) is 13.8. The van der Waals surface area contributed by atoms with Gasteiger partial charge in [0.2, 0.25) is 5.91 Å². The summed E-state index contributed by atoms with van der Waals surface area (Å²) in [4.78, 5) is 19.0. The number of likely N-dealkylation sites (tertiary alicyclic amines) is 1. The summed E-state index contributed by atoms with van der Waals surface area (Å²) in [7, 11) is 1.69. The maximum absolute atomic E-state index is 13.0. The highest BCUT2D eigenvalue weighted by atomic mass is 16.5. The lowest BCUT2D eigenvalue weighted by Gasteiger charge is -2.25. The van der Waals surface area contributed by atoms with Crippen molar-refractivity contribution in [3.63, 3.8) is 0 Å². The summed E-state index contributed by atoms with van der Waals surface area (Å²) in [6, 6.07) is 8.27. The Bertz CT molecular complexity index is 716. The molecule has 1 aromatic carbocycles. The van der Waals surface area contributed by atoms with Crippen LogP contribution >= 0.6 is 0 Å². The van der Waals surface area contributed by atoms with Gasteiger partial charge in [-0.25, -0.2) is 4.98 Å². The van der Waals surface area contributed by atoms with E-state index >= 15 is 0 Å². The number of aromatic nitrogens is 3. The van der Waals surface area contributed by atoms with Crippen LogP contribution in [0.3, 0.4) is 0 Å². The Kier molecular flexibility index (Phi) is 3.96. The number of hydrogen-bond donors (Lipinski definition) is 0. The van der Waals surface area contributed by atoms with Crippen LogP contribution in [0.5, 0.6) is 5.75 Å². The fourth-order valence-electron chi connectivity index (χ4n) is 3.86. The SMILES string of the molecule is COc1ccccc1[C@@H]1C[C@@H]1C(=O)N1CCC[C@@H]1Cn1cncn1. The van der Waals surface area contributed by atoms with E-state index in [2.05, 4.69) is 21.0 Å². The van der Waals surface area contributed by atoms with Gasteiger partial charge in [-0.2, -0.15) is 5.10 Å². The number of para-hydroxylation sites is 1. The van der Waals surface area contributed by atoms with Crippen LogP contribution in [0.1, 0.15) is 30.7 Å². The van der Waals surface area contributed by atoms with Gasteiger partial charge in [-0.05, 0) is 36.8 Å². The van der Waals surface area contributed by atoms with Crippen LogP contribution in [0, 0.1) is 5.92 Å². The minimum Gasteiger partial charge on any atom is -0.496 e. The Balaban J connectivity index is 1.44. The lowest BCUT2D eigenvalue weighted by atomic mass is 10.1. The van der Waals surface area contributed by atoms with Gasteiger partial charge in [0.15, 0.2) is 0 Å². The average molecular weight is 326 g/mol. The zero-order valence-corrected chi connectivity index (χ0v) is 13.8. The van der Waals surface area contributed by atoms with Gasteiger partial charge in [-0.3, -0.25) is 9.48 Å². The Morgan fingerprint density at radius 2 is 2.25 bits per heavy atom. The first-order chi connectivity index (χ1) is 11.8. The van der Waals surface area contributed by atoms with Crippen LogP contribution in [-0.4, -0.2) is 45.3 Å². The summed E-state index contributed by atoms with van der Waals surface area (Å²) in [6.07, 6.45) is 6.29. The van der Waals surface area contributed by atoms with Crippen molar-refractivity contribution < 1.29 is 9.53 Å². The van der Waals surface area contributed by atoms with Gasteiger partial charge in [0, 0.05) is 12.5 Å². The molecule has 2 heterocycles. The highest BCUT2D eigenvalue weighted by Crippen LogP contribution is 2.51. The molecule has 24 heavy (non-hydrogen) atoms. The lowest BCUT2D eigenvalue weighted by molar-refractivity contribution is -0.133. The summed E-state index contributed by atoms with van der Waals surface area (Å²) in [5.74, 6) is 1.56. The molecule has 0 N–H and O–H groups in total. The van der Waals surface area contributed by atoms with Gasteiger partial charge in [0.1, 0.15) is 18.4 Å². The van der Waals surface area contributed by atoms with E-state index in [0.29, 0.717) is 5.92 Å². The molecule has 2 fully saturated rings. The van der Waals surface area contributed by atoms with Crippen LogP contribution in [0.2, 0.25) is 0 Å². The molecule has 0 radical (unpaired) electrons. The highest BCUT2D eigenvalue weighted by Gasteiger charge is 2.48. The molecule has 1 saturated carbocycles. The maximum Gasteiger partial charge on any atom is 0.226 e. The molecule has 6 nitrogen and oxygen atoms in total. The van der Waals surface area contributed by atoms with Crippen molar-refractivity contribution in [2.75, 3.05) is 13.7 Å². The van der Waals surface area contributed by atoms with E-state index < -0.39 is 0 Å². The number of carbonyl (C=O) groups is 1. The molecule has 1 amide bonds. The predicted molar refractivity (Wildman–Crippen MR) is 88.6 cm³/mol. The molecule has 2 aromatic rings. The highest BCUT2D eigenvalue weighted by molar-refractivity contribution is 5.83. The number of amides is 1. The number of carbonyl (C=O) groups excluding carboxylic acids is 1. The van der Waals surface area contributed by atoms with Crippen molar-refractivity contribution in [1.29, 1.82) is 0 Å². The van der Waals surface area contributed by atoms with Gasteiger partial charge in [0.25, 0.3) is 0 Å². The van der Waals surface area contributed by atoms with E-state index in [1.807, 2.05) is 22.9 Å². The number of rotatable bonds is 5. The van der Waals surface area contributed by atoms with Gasteiger partial charge < -0.3 is 9.64 Å². The number of ether oxygens (including phenoxy) is 1. The van der Waals surface area contributed by atoms with E-state index in [0.717, 1.165) is 43.7 Å². The zero-order chi connectivity index (χ0) is 16.5. The summed E-state index contributed by atoms with van der Waals surface area (Å²) >= 11 is 0. The molecule has 3 atom stereocenters. The Morgan fingerprint density at radius 1 is 1.38 bits per heavy atom. The Labute approximate surface area is 141 Å². The summed E-state index contributed by atoms with van der Waals surface area (Å²) in [5.41, 5.74) is 1.16. The summed E-state index contributed by atoms with van der Waals surface area (Å²) < 4.78 is 7.27. The third-order valence-electron chi connectivity index (χ3n) is 5.17. The maximum atomic E-state index is 13.0. The molecule has 6 heteroatoms. The van der Waals surface area contributed by atoms with E-state index in [4.69, 9.17) is 4.74 Å². The second kappa shape index (κ2) is 6.26. The molecule has 1 aliphatic heterocycles. The van der Waals surface area contributed by atoms with E-state index in [-0.39, 0.29) is 17.9 Å². The molecule has 1 aliphatic carbocycles. The van der Waals surface area contributed by atoms with Crippen molar-refractivity contribution in [3.05, 3.63) is 42.5 Å². The fourth-order valence-corrected chi connectivity index (χ4v) is 3.86. The number of methoxy groups -OCH3 is 1. The Morgan fingerprint density at radius 3 is 3.04 bits per heavy atom. The first-order valence-electron chi connectivity index (χ1n) is 8.53. The van der Waals surface area contributed by atoms with Gasteiger partial charge in [-0.1, -0.05) is 18.2 Å². The van der Waals surface area contributed by atoms with Crippen LogP contribution < -0.4 is 4.74 Å². The molecule has 4 rings (SSSR count). The van der Waals surface area contributed by atoms with Crippen molar-refractivity contribution in [2.45, 2.75) is 37.8 Å². The number of nitrogens with zero attached hydrogens (tertiary/aromatic N) is 4. The minimum atomic E-state index is 0.0950. The van der Waals surface area contributed by atoms with E-state index in [1.165, 1.54) is 0 Å². The number of benzene rings is 1. The third kappa shape index (κ3) is 2.77. The predicted octanol–water partition coefficient (Wildman–Crippen LogP) is 2.08. The normalized spacial score (nSPS) is 25.7. The van der Waals surface area contributed by atoms with Crippen molar-refractivity contribution >= 4 is 5.91 Å². The second-order valence-electron chi connectivity index (χ2n) is 6.64. The molecular weight excluding hydrogens is 304 g/mol. The monoisotopic (exact) mass is 326 g/mol. The average Bonchev–Trinajstić information content (AvgIpc) is 3.00. The van der Waals surface area contributed by atoms with Crippen molar-refractivity contribution in [2.24, 2.45) is 5.92 Å². The third-order valence-corrected chi connectivity index (χ3v) is 5.17. The Hall–Kier alpha value is -2.37. The largest absolute Gasteiger partial charge is 0.496 e. The molecule has 1 saturated heterocycles. The molecule has 0 spiro atoms. The molecule has 126 valence electrons. The van der Waals surface area contributed by atoms with E-state index in [9.17, 15) is 4.79 Å². The van der Waals surface area contributed by atoms with Gasteiger partial charge in [0.05, 0.1) is 19.7 Å².